The number of aliphatic hydroxyl groups is 1. The fraction of sp³-hybridized carbons (Fsp3) is 0.588. The Kier molecular flexibility index (Phi) is 5.74. The fourth-order valence-electron chi connectivity index (χ4n) is 3.02. The highest BCUT2D eigenvalue weighted by Crippen LogP contribution is 2.38. The number of carbonyl (C=O) groups is 1. The lowest BCUT2D eigenvalue weighted by molar-refractivity contribution is -0.191. The van der Waals surface area contributed by atoms with Crippen LogP contribution in [0.15, 0.2) is 30.3 Å². The molecule has 0 aliphatic heterocycles. The van der Waals surface area contributed by atoms with E-state index in [9.17, 15) is 18.0 Å². The molecule has 1 unspecified atom stereocenters. The number of alkyl halides is 3. The highest BCUT2D eigenvalue weighted by Gasteiger charge is 2.53. The molecule has 1 saturated carbocycles. The number of amides is 2. The monoisotopic (exact) mass is 344 g/mol. The topological polar surface area (TPSA) is 61.4 Å². The second-order valence-electron chi connectivity index (χ2n) is 6.49. The van der Waals surface area contributed by atoms with E-state index in [1.807, 2.05) is 0 Å². The maximum Gasteiger partial charge on any atom is 0.415 e. The van der Waals surface area contributed by atoms with Gasteiger partial charge in [-0.2, -0.15) is 13.2 Å². The summed E-state index contributed by atoms with van der Waals surface area (Å²) in [6.45, 7) is 1.07. The molecule has 0 aromatic heterocycles. The molecule has 1 aliphatic rings. The standard InChI is InChI=1S/C17H23F3N2O2/c1-16(17(18,19)20,13-5-3-2-4-6-13)22-15(24)21-14-9-7-12(11-23)8-10-14/h2-6,12,14,23H,7-11H2,1H3,(H2,21,22,24). The van der Waals surface area contributed by atoms with Crippen LogP contribution in [0, 0.1) is 5.92 Å². The van der Waals surface area contributed by atoms with Crippen LogP contribution < -0.4 is 10.6 Å². The summed E-state index contributed by atoms with van der Waals surface area (Å²) in [5, 5.41) is 13.8. The van der Waals surface area contributed by atoms with E-state index in [1.54, 1.807) is 6.07 Å². The van der Waals surface area contributed by atoms with Gasteiger partial charge in [0, 0.05) is 12.6 Å². The second-order valence-corrected chi connectivity index (χ2v) is 6.49. The molecule has 0 spiro atoms. The van der Waals surface area contributed by atoms with Crippen molar-refractivity contribution in [1.82, 2.24) is 10.6 Å². The van der Waals surface area contributed by atoms with Gasteiger partial charge in [-0.25, -0.2) is 4.79 Å². The van der Waals surface area contributed by atoms with Gasteiger partial charge in [-0.3, -0.25) is 0 Å². The van der Waals surface area contributed by atoms with Gasteiger partial charge in [0.15, 0.2) is 5.54 Å². The Hall–Kier alpha value is -1.76. The number of benzene rings is 1. The first kappa shape index (κ1) is 18.6. The smallest absolute Gasteiger partial charge is 0.396 e. The number of nitrogens with one attached hydrogen (secondary N) is 2. The molecule has 134 valence electrons. The number of hydrogen-bond donors (Lipinski definition) is 3. The van der Waals surface area contributed by atoms with E-state index in [0.29, 0.717) is 12.8 Å². The third kappa shape index (κ3) is 4.20. The average Bonchev–Trinajstić information content (AvgIpc) is 2.55. The van der Waals surface area contributed by atoms with E-state index in [0.717, 1.165) is 19.8 Å². The Balaban J connectivity index is 2.04. The van der Waals surface area contributed by atoms with Crippen molar-refractivity contribution in [3.05, 3.63) is 35.9 Å². The molecule has 1 aromatic rings. The SMILES string of the molecule is CC(NC(=O)NC1CCC(CO)CC1)(c1ccccc1)C(F)(F)F. The van der Waals surface area contributed by atoms with Crippen molar-refractivity contribution in [3.63, 3.8) is 0 Å². The molecule has 0 heterocycles. The van der Waals surface area contributed by atoms with Gasteiger partial charge in [0.1, 0.15) is 0 Å². The number of hydrogen-bond acceptors (Lipinski definition) is 2. The van der Waals surface area contributed by atoms with Crippen LogP contribution in [0.2, 0.25) is 0 Å². The minimum absolute atomic E-state index is 0.0170. The number of halogens is 3. The minimum atomic E-state index is -4.62. The number of urea groups is 1. The van der Waals surface area contributed by atoms with Crippen LogP contribution >= 0.6 is 0 Å². The van der Waals surface area contributed by atoms with Gasteiger partial charge >= 0.3 is 12.2 Å². The maximum absolute atomic E-state index is 13.6. The van der Waals surface area contributed by atoms with Crippen molar-refractivity contribution in [2.45, 2.75) is 50.4 Å². The third-order valence-electron chi connectivity index (χ3n) is 4.72. The summed E-state index contributed by atoms with van der Waals surface area (Å²) in [6, 6.07) is 6.34. The minimum Gasteiger partial charge on any atom is -0.396 e. The first-order valence-electron chi connectivity index (χ1n) is 8.08. The average molecular weight is 344 g/mol. The molecule has 1 aliphatic carbocycles. The number of carbonyl (C=O) groups excluding carboxylic acids is 1. The Bertz CT molecular complexity index is 543. The molecule has 1 aromatic carbocycles. The summed E-state index contributed by atoms with van der Waals surface area (Å²) in [4.78, 5) is 12.1. The lowest BCUT2D eigenvalue weighted by atomic mass is 9.86. The molecule has 0 bridgehead atoms. The van der Waals surface area contributed by atoms with E-state index >= 15 is 0 Å². The molecule has 1 fully saturated rings. The van der Waals surface area contributed by atoms with E-state index < -0.39 is 17.7 Å². The molecule has 24 heavy (non-hydrogen) atoms. The summed E-state index contributed by atoms with van der Waals surface area (Å²) < 4.78 is 40.7. The predicted octanol–water partition coefficient (Wildman–Crippen LogP) is 3.31. The zero-order valence-electron chi connectivity index (χ0n) is 13.6. The van der Waals surface area contributed by atoms with Gasteiger partial charge in [0.05, 0.1) is 0 Å². The van der Waals surface area contributed by atoms with E-state index in [1.165, 1.54) is 24.3 Å². The van der Waals surface area contributed by atoms with Gasteiger partial charge in [-0.05, 0) is 44.1 Å². The van der Waals surface area contributed by atoms with Crippen molar-refractivity contribution in [2.24, 2.45) is 5.92 Å². The summed E-state index contributed by atoms with van der Waals surface area (Å²) in [7, 11) is 0. The highest BCUT2D eigenvalue weighted by atomic mass is 19.4. The maximum atomic E-state index is 13.6. The Morgan fingerprint density at radius 3 is 2.25 bits per heavy atom. The normalized spacial score (nSPS) is 24.0. The van der Waals surface area contributed by atoms with Gasteiger partial charge in [-0.1, -0.05) is 30.3 Å². The third-order valence-corrected chi connectivity index (χ3v) is 4.72. The molecule has 0 saturated heterocycles. The molecule has 7 heteroatoms. The van der Waals surface area contributed by atoms with Gasteiger partial charge in [0.25, 0.3) is 0 Å². The Morgan fingerprint density at radius 1 is 1.17 bits per heavy atom. The Labute approximate surface area is 139 Å². The van der Waals surface area contributed by atoms with Crippen LogP contribution in [-0.4, -0.2) is 30.0 Å². The summed E-state index contributed by atoms with van der Waals surface area (Å²) in [5.41, 5.74) is -2.47. The summed E-state index contributed by atoms with van der Waals surface area (Å²) in [6.07, 6.45) is -1.78. The molecule has 1 atom stereocenters. The quantitative estimate of drug-likeness (QED) is 0.785. The second kappa shape index (κ2) is 7.42. The van der Waals surface area contributed by atoms with Crippen LogP contribution in [0.3, 0.4) is 0 Å². The molecular weight excluding hydrogens is 321 g/mol. The van der Waals surface area contributed by atoms with Crippen molar-refractivity contribution in [3.8, 4) is 0 Å². The van der Waals surface area contributed by atoms with Crippen molar-refractivity contribution in [2.75, 3.05) is 6.61 Å². The predicted molar refractivity (Wildman–Crippen MR) is 84.3 cm³/mol. The van der Waals surface area contributed by atoms with E-state index in [-0.39, 0.29) is 24.1 Å². The van der Waals surface area contributed by atoms with Gasteiger partial charge in [-0.15, -0.1) is 0 Å². The van der Waals surface area contributed by atoms with Crippen molar-refractivity contribution in [1.29, 1.82) is 0 Å². The molecule has 4 nitrogen and oxygen atoms in total. The van der Waals surface area contributed by atoms with Crippen LogP contribution in [-0.2, 0) is 5.54 Å². The molecule has 2 amide bonds. The lowest BCUT2D eigenvalue weighted by Crippen LogP contribution is -2.57. The zero-order valence-corrected chi connectivity index (χ0v) is 13.6. The Morgan fingerprint density at radius 2 is 1.75 bits per heavy atom. The highest BCUT2D eigenvalue weighted by molar-refractivity contribution is 5.75. The van der Waals surface area contributed by atoms with E-state index in [4.69, 9.17) is 5.11 Å². The molecule has 3 N–H and O–H groups in total. The van der Waals surface area contributed by atoms with Crippen molar-refractivity contribution >= 4 is 6.03 Å². The summed E-state index contributed by atoms with van der Waals surface area (Å²) in [5.74, 6) is 0.218. The van der Waals surface area contributed by atoms with E-state index in [2.05, 4.69) is 10.6 Å². The largest absolute Gasteiger partial charge is 0.415 e. The molecular formula is C17H23F3N2O2. The van der Waals surface area contributed by atoms with Crippen LogP contribution in [0.4, 0.5) is 18.0 Å². The molecule has 2 rings (SSSR count). The van der Waals surface area contributed by atoms with Crippen LogP contribution in [0.1, 0.15) is 38.2 Å². The lowest BCUT2D eigenvalue weighted by Gasteiger charge is -2.35. The summed E-state index contributed by atoms with van der Waals surface area (Å²) >= 11 is 0. The van der Waals surface area contributed by atoms with Crippen LogP contribution in [0.25, 0.3) is 0 Å². The first-order chi connectivity index (χ1) is 11.3. The van der Waals surface area contributed by atoms with Crippen LogP contribution in [0.5, 0.6) is 0 Å². The van der Waals surface area contributed by atoms with Gasteiger partial charge in [0.2, 0.25) is 0 Å². The fourth-order valence-corrected chi connectivity index (χ4v) is 3.02. The van der Waals surface area contributed by atoms with Crippen molar-refractivity contribution < 1.29 is 23.1 Å². The van der Waals surface area contributed by atoms with Gasteiger partial charge < -0.3 is 15.7 Å². The number of rotatable bonds is 4. The molecule has 0 radical (unpaired) electrons. The first-order valence-corrected chi connectivity index (χ1v) is 8.08. The number of aliphatic hydroxyl groups excluding tert-OH is 1. The zero-order chi connectivity index (χ0) is 17.8.